The van der Waals surface area contributed by atoms with Gasteiger partial charge in [-0.15, -0.1) is 11.3 Å². The van der Waals surface area contributed by atoms with Gasteiger partial charge in [0, 0.05) is 25.4 Å². The summed E-state index contributed by atoms with van der Waals surface area (Å²) in [7, 11) is 3.25. The summed E-state index contributed by atoms with van der Waals surface area (Å²) < 4.78 is 11.9. The summed E-state index contributed by atoms with van der Waals surface area (Å²) in [6.45, 7) is 1.61. The van der Waals surface area contributed by atoms with Crippen molar-refractivity contribution in [2.75, 3.05) is 27.3 Å². The monoisotopic (exact) mass is 410 g/mol. The van der Waals surface area contributed by atoms with Gasteiger partial charge < -0.3 is 14.4 Å². The van der Waals surface area contributed by atoms with Gasteiger partial charge in [-0.2, -0.15) is 0 Å². The normalized spacial score (nSPS) is 16.8. The van der Waals surface area contributed by atoms with Crippen LogP contribution in [-0.2, 0) is 11.2 Å². The van der Waals surface area contributed by atoms with Crippen LogP contribution in [0.2, 0.25) is 0 Å². The Balaban J connectivity index is 1.38. The van der Waals surface area contributed by atoms with Crippen LogP contribution in [0.1, 0.15) is 35.8 Å². The maximum Gasteiger partial charge on any atom is 0.222 e. The number of thiazole rings is 1. The quantitative estimate of drug-likeness (QED) is 0.593. The van der Waals surface area contributed by atoms with E-state index in [0.29, 0.717) is 30.3 Å². The van der Waals surface area contributed by atoms with Gasteiger partial charge in [-0.3, -0.25) is 4.79 Å². The van der Waals surface area contributed by atoms with Crippen molar-refractivity contribution in [3.8, 4) is 11.5 Å². The summed E-state index contributed by atoms with van der Waals surface area (Å²) in [5, 5.41) is 1.16. The fourth-order valence-corrected chi connectivity index (χ4v) is 5.01. The third-order valence-corrected chi connectivity index (χ3v) is 6.71. The van der Waals surface area contributed by atoms with Gasteiger partial charge in [0.05, 0.1) is 29.4 Å². The standard InChI is InChI=1S/C23H26N2O3S/c1-27-19-11-9-16(14-20(19)28-2)10-12-22(26)25-13-5-6-17(15-25)23-24-18-7-3-4-8-21(18)29-23/h3-4,7-9,11,14,17H,5-6,10,12-13,15H2,1-2H3/t17-/m1/s1. The van der Waals surface area contributed by atoms with Gasteiger partial charge >= 0.3 is 0 Å². The lowest BCUT2D eigenvalue weighted by molar-refractivity contribution is -0.132. The Kier molecular flexibility index (Phi) is 6.00. The number of ether oxygens (including phenoxy) is 2. The molecule has 0 spiro atoms. The number of aromatic nitrogens is 1. The van der Waals surface area contributed by atoms with E-state index in [1.165, 1.54) is 4.70 Å². The summed E-state index contributed by atoms with van der Waals surface area (Å²) in [6, 6.07) is 14.1. The highest BCUT2D eigenvalue weighted by Gasteiger charge is 2.26. The number of methoxy groups -OCH3 is 2. The molecule has 1 amide bonds. The number of piperidine rings is 1. The van der Waals surface area contributed by atoms with E-state index in [1.54, 1.807) is 25.6 Å². The minimum absolute atomic E-state index is 0.214. The second-order valence-corrected chi connectivity index (χ2v) is 8.45. The van der Waals surface area contributed by atoms with Crippen molar-refractivity contribution in [3.05, 3.63) is 53.0 Å². The van der Waals surface area contributed by atoms with Crippen molar-refractivity contribution in [1.29, 1.82) is 0 Å². The van der Waals surface area contributed by atoms with Crippen molar-refractivity contribution in [2.45, 2.75) is 31.6 Å². The van der Waals surface area contributed by atoms with Crippen molar-refractivity contribution >= 4 is 27.5 Å². The van der Waals surface area contributed by atoms with Gasteiger partial charge in [0.15, 0.2) is 11.5 Å². The highest BCUT2D eigenvalue weighted by atomic mass is 32.1. The first-order chi connectivity index (χ1) is 14.2. The smallest absolute Gasteiger partial charge is 0.222 e. The van der Waals surface area contributed by atoms with Crippen LogP contribution in [0.3, 0.4) is 0 Å². The first-order valence-electron chi connectivity index (χ1n) is 10.0. The number of carbonyl (C=O) groups excluding carboxylic acids is 1. The van der Waals surface area contributed by atoms with Crippen LogP contribution < -0.4 is 9.47 Å². The average Bonchev–Trinajstić information content (AvgIpc) is 3.21. The van der Waals surface area contributed by atoms with Crippen LogP contribution >= 0.6 is 11.3 Å². The van der Waals surface area contributed by atoms with E-state index in [2.05, 4.69) is 18.2 Å². The predicted molar refractivity (Wildman–Crippen MR) is 116 cm³/mol. The SMILES string of the molecule is COc1ccc(CCC(=O)N2CCC[C@@H](c3nc4ccccc4s3)C2)cc1OC. The van der Waals surface area contributed by atoms with Gasteiger partial charge in [0.1, 0.15) is 0 Å². The fraction of sp³-hybridized carbons (Fsp3) is 0.391. The molecule has 1 aliphatic rings. The summed E-state index contributed by atoms with van der Waals surface area (Å²) in [5.74, 6) is 1.96. The molecule has 1 saturated heterocycles. The summed E-state index contributed by atoms with van der Waals surface area (Å²) >= 11 is 1.76. The van der Waals surface area contributed by atoms with E-state index in [4.69, 9.17) is 14.5 Å². The van der Waals surface area contributed by atoms with E-state index in [-0.39, 0.29) is 5.91 Å². The Hall–Kier alpha value is -2.60. The van der Waals surface area contributed by atoms with Crippen LogP contribution in [-0.4, -0.2) is 43.1 Å². The molecule has 3 aromatic rings. The molecular formula is C23H26N2O3S. The number of benzene rings is 2. The molecule has 1 aromatic heterocycles. The fourth-order valence-electron chi connectivity index (χ4n) is 3.92. The van der Waals surface area contributed by atoms with E-state index in [0.717, 1.165) is 42.0 Å². The molecule has 0 radical (unpaired) electrons. The maximum atomic E-state index is 12.9. The second-order valence-electron chi connectivity index (χ2n) is 7.39. The second kappa shape index (κ2) is 8.82. The lowest BCUT2D eigenvalue weighted by Gasteiger charge is -2.32. The Morgan fingerprint density at radius 1 is 1.17 bits per heavy atom. The molecule has 0 aliphatic carbocycles. The predicted octanol–water partition coefficient (Wildman–Crippen LogP) is 4.65. The molecule has 2 aromatic carbocycles. The molecule has 29 heavy (non-hydrogen) atoms. The third-order valence-electron chi connectivity index (χ3n) is 5.51. The third kappa shape index (κ3) is 4.37. The number of nitrogens with zero attached hydrogens (tertiary/aromatic N) is 2. The van der Waals surface area contributed by atoms with E-state index < -0.39 is 0 Å². The number of rotatable bonds is 6. The zero-order valence-electron chi connectivity index (χ0n) is 16.9. The lowest BCUT2D eigenvalue weighted by Crippen LogP contribution is -2.39. The van der Waals surface area contributed by atoms with Crippen LogP contribution in [0.15, 0.2) is 42.5 Å². The van der Waals surface area contributed by atoms with Crippen molar-refractivity contribution in [3.63, 3.8) is 0 Å². The van der Waals surface area contributed by atoms with Crippen molar-refractivity contribution in [1.82, 2.24) is 9.88 Å². The molecular weight excluding hydrogens is 384 g/mol. The zero-order chi connectivity index (χ0) is 20.2. The minimum atomic E-state index is 0.214. The van der Waals surface area contributed by atoms with Gasteiger partial charge in [0.25, 0.3) is 0 Å². The number of amides is 1. The summed E-state index contributed by atoms with van der Waals surface area (Å²) in [5.41, 5.74) is 2.14. The molecule has 2 heterocycles. The molecule has 0 N–H and O–H groups in total. The first-order valence-corrected chi connectivity index (χ1v) is 10.8. The molecule has 0 saturated carbocycles. The molecule has 5 nitrogen and oxygen atoms in total. The van der Waals surface area contributed by atoms with Gasteiger partial charge in [-0.1, -0.05) is 18.2 Å². The number of fused-ring (bicyclic) bond motifs is 1. The van der Waals surface area contributed by atoms with Crippen LogP contribution in [0.5, 0.6) is 11.5 Å². The number of para-hydroxylation sites is 1. The van der Waals surface area contributed by atoms with Gasteiger partial charge in [0.2, 0.25) is 5.91 Å². The molecule has 0 unspecified atom stereocenters. The van der Waals surface area contributed by atoms with E-state index >= 15 is 0 Å². The van der Waals surface area contributed by atoms with Crippen LogP contribution in [0.25, 0.3) is 10.2 Å². The van der Waals surface area contributed by atoms with E-state index in [1.807, 2.05) is 29.2 Å². The highest BCUT2D eigenvalue weighted by Crippen LogP contribution is 2.33. The average molecular weight is 411 g/mol. The maximum absolute atomic E-state index is 12.9. The molecule has 0 bridgehead atoms. The highest BCUT2D eigenvalue weighted by molar-refractivity contribution is 7.18. The Morgan fingerprint density at radius 2 is 2.00 bits per heavy atom. The molecule has 1 atom stereocenters. The van der Waals surface area contributed by atoms with Gasteiger partial charge in [-0.05, 0) is 49.1 Å². The topological polar surface area (TPSA) is 51.7 Å². The molecule has 4 rings (SSSR count). The Morgan fingerprint density at radius 3 is 2.79 bits per heavy atom. The lowest BCUT2D eigenvalue weighted by atomic mass is 9.98. The van der Waals surface area contributed by atoms with E-state index in [9.17, 15) is 4.79 Å². The number of aryl methyl sites for hydroxylation is 1. The number of carbonyl (C=O) groups is 1. The molecule has 6 heteroatoms. The Bertz CT molecular complexity index is 968. The zero-order valence-corrected chi connectivity index (χ0v) is 17.7. The molecule has 1 aliphatic heterocycles. The van der Waals surface area contributed by atoms with Gasteiger partial charge in [-0.25, -0.2) is 4.98 Å². The summed E-state index contributed by atoms with van der Waals surface area (Å²) in [6.07, 6.45) is 3.32. The number of hydrogen-bond acceptors (Lipinski definition) is 5. The largest absolute Gasteiger partial charge is 0.493 e. The summed E-state index contributed by atoms with van der Waals surface area (Å²) in [4.78, 5) is 19.7. The van der Waals surface area contributed by atoms with Crippen LogP contribution in [0, 0.1) is 0 Å². The first kappa shape index (κ1) is 19.7. The number of hydrogen-bond donors (Lipinski definition) is 0. The molecule has 1 fully saturated rings. The Labute approximate surface area is 175 Å². The van der Waals surface area contributed by atoms with Crippen LogP contribution in [0.4, 0.5) is 0 Å². The van der Waals surface area contributed by atoms with Crippen molar-refractivity contribution < 1.29 is 14.3 Å². The minimum Gasteiger partial charge on any atom is -0.493 e. The van der Waals surface area contributed by atoms with Crippen molar-refractivity contribution in [2.24, 2.45) is 0 Å². The molecule has 152 valence electrons. The number of likely N-dealkylation sites (tertiary alicyclic amines) is 1.